The minimum atomic E-state index is 0.299. The molecule has 1 amide bonds. The molecule has 45 valence electrons. The molecular formula is C4H3N4O. The van der Waals surface area contributed by atoms with E-state index in [1.807, 2.05) is 0 Å². The minimum Gasteiger partial charge on any atom is -0.300 e. The maximum absolute atomic E-state index is 9.64. The lowest BCUT2D eigenvalue weighted by Crippen LogP contribution is -1.97. The molecule has 9 heavy (non-hydrogen) atoms. The van der Waals surface area contributed by atoms with Crippen LogP contribution in [0, 0.1) is 0 Å². The van der Waals surface area contributed by atoms with Gasteiger partial charge >= 0.3 is 6.41 Å². The Labute approximate surface area is 51.1 Å². The van der Waals surface area contributed by atoms with Crippen LogP contribution in [-0.2, 0) is 4.79 Å². The Kier molecular flexibility index (Phi) is 1.69. The summed E-state index contributed by atoms with van der Waals surface area (Å²) in [7, 11) is 0. The number of nitrogens with zero attached hydrogens (tertiary/aromatic N) is 3. The van der Waals surface area contributed by atoms with Crippen LogP contribution in [0.3, 0.4) is 0 Å². The molecule has 1 aromatic rings. The summed E-state index contributed by atoms with van der Waals surface area (Å²) < 4.78 is 0. The summed E-state index contributed by atoms with van der Waals surface area (Å²) in [5.74, 6) is 0.299. The van der Waals surface area contributed by atoms with E-state index in [0.29, 0.717) is 5.82 Å². The van der Waals surface area contributed by atoms with E-state index in [-0.39, 0.29) is 0 Å². The van der Waals surface area contributed by atoms with Gasteiger partial charge in [-0.1, -0.05) is 0 Å². The zero-order chi connectivity index (χ0) is 6.53. The van der Waals surface area contributed by atoms with Gasteiger partial charge in [0.2, 0.25) is 0 Å². The number of carbonyl (C=O) groups excluding carboxylic acids is 1. The third-order valence-electron chi connectivity index (χ3n) is 0.660. The van der Waals surface area contributed by atoms with E-state index in [1.165, 1.54) is 18.9 Å². The average molecular weight is 123 g/mol. The molecule has 1 radical (unpaired) electrons. The van der Waals surface area contributed by atoms with Crippen LogP contribution in [0.25, 0.3) is 0 Å². The molecule has 0 saturated carbocycles. The minimum absolute atomic E-state index is 0.299. The van der Waals surface area contributed by atoms with E-state index < -0.39 is 0 Å². The number of amides is 1. The third kappa shape index (κ3) is 1.45. The van der Waals surface area contributed by atoms with Crippen LogP contribution in [0.2, 0.25) is 0 Å². The standard InChI is InChI=1S/C4H3N4O/c9-3-6-4-1-5-2-7-8-4/h1-2H,(H,6,8,9). The fourth-order valence-electron chi connectivity index (χ4n) is 0.357. The molecule has 0 aliphatic rings. The van der Waals surface area contributed by atoms with Crippen molar-refractivity contribution in [2.45, 2.75) is 0 Å². The highest BCUT2D eigenvalue weighted by molar-refractivity contribution is 5.68. The van der Waals surface area contributed by atoms with Crippen molar-refractivity contribution in [3.63, 3.8) is 0 Å². The van der Waals surface area contributed by atoms with Crippen molar-refractivity contribution in [1.82, 2.24) is 15.2 Å². The normalized spacial score (nSPS) is 8.44. The Balaban J connectivity index is 2.72. The Morgan fingerprint density at radius 2 is 2.56 bits per heavy atom. The van der Waals surface area contributed by atoms with Gasteiger partial charge < -0.3 is 0 Å². The van der Waals surface area contributed by atoms with E-state index in [2.05, 4.69) is 20.5 Å². The lowest BCUT2D eigenvalue weighted by atomic mass is 10.7. The third-order valence-corrected chi connectivity index (χ3v) is 0.660. The van der Waals surface area contributed by atoms with Crippen molar-refractivity contribution in [2.24, 2.45) is 0 Å². The first-order valence-corrected chi connectivity index (χ1v) is 2.19. The van der Waals surface area contributed by atoms with E-state index in [1.54, 1.807) is 0 Å². The Morgan fingerprint density at radius 3 is 3.11 bits per heavy atom. The SMILES string of the molecule is O=[C]Nc1cncnn1. The molecule has 0 aromatic carbocycles. The molecule has 1 N–H and O–H groups in total. The van der Waals surface area contributed by atoms with Gasteiger partial charge in [0, 0.05) is 0 Å². The summed E-state index contributed by atoms with van der Waals surface area (Å²) in [5.41, 5.74) is 0. The quantitative estimate of drug-likeness (QED) is 0.530. The van der Waals surface area contributed by atoms with Crippen LogP contribution < -0.4 is 5.32 Å². The smallest absolute Gasteiger partial charge is 0.300 e. The molecule has 0 spiro atoms. The van der Waals surface area contributed by atoms with Crippen LogP contribution in [0.4, 0.5) is 5.82 Å². The Hall–Kier alpha value is -1.52. The van der Waals surface area contributed by atoms with Crippen molar-refractivity contribution in [3.05, 3.63) is 12.5 Å². The first-order valence-electron chi connectivity index (χ1n) is 2.19. The first kappa shape index (κ1) is 5.61. The van der Waals surface area contributed by atoms with Gasteiger partial charge in [0.15, 0.2) is 5.82 Å². The van der Waals surface area contributed by atoms with Gasteiger partial charge in [-0.25, -0.2) is 4.98 Å². The van der Waals surface area contributed by atoms with Crippen LogP contribution >= 0.6 is 0 Å². The topological polar surface area (TPSA) is 67.8 Å². The molecule has 0 bridgehead atoms. The van der Waals surface area contributed by atoms with Gasteiger partial charge in [0.25, 0.3) is 0 Å². The molecular weight excluding hydrogens is 120 g/mol. The number of hydrogen-bond donors (Lipinski definition) is 1. The van der Waals surface area contributed by atoms with Gasteiger partial charge in [0.1, 0.15) is 6.33 Å². The van der Waals surface area contributed by atoms with Gasteiger partial charge in [-0.2, -0.15) is 0 Å². The molecule has 5 nitrogen and oxygen atoms in total. The number of rotatable bonds is 2. The molecule has 0 aliphatic carbocycles. The van der Waals surface area contributed by atoms with Crippen LogP contribution in [0.5, 0.6) is 0 Å². The Morgan fingerprint density at radius 1 is 1.67 bits per heavy atom. The lowest BCUT2D eigenvalue weighted by Gasteiger charge is -1.88. The summed E-state index contributed by atoms with van der Waals surface area (Å²) in [6.07, 6.45) is 4.09. The van der Waals surface area contributed by atoms with Gasteiger partial charge in [-0.3, -0.25) is 10.1 Å². The second-order valence-electron chi connectivity index (χ2n) is 1.22. The molecule has 0 saturated heterocycles. The zero-order valence-corrected chi connectivity index (χ0v) is 4.40. The summed E-state index contributed by atoms with van der Waals surface area (Å²) in [6.45, 7) is 0. The fraction of sp³-hybridized carbons (Fsp3) is 0. The van der Waals surface area contributed by atoms with Crippen LogP contribution in [0.1, 0.15) is 0 Å². The molecule has 1 rings (SSSR count). The monoisotopic (exact) mass is 123 g/mol. The van der Waals surface area contributed by atoms with Crippen molar-refractivity contribution < 1.29 is 4.79 Å². The van der Waals surface area contributed by atoms with Crippen LogP contribution in [-0.4, -0.2) is 21.6 Å². The lowest BCUT2D eigenvalue weighted by molar-refractivity contribution is 0.560. The molecule has 0 aliphatic heterocycles. The largest absolute Gasteiger partial charge is 0.315 e. The second-order valence-corrected chi connectivity index (χ2v) is 1.22. The summed E-state index contributed by atoms with van der Waals surface area (Å²) >= 11 is 0. The summed E-state index contributed by atoms with van der Waals surface area (Å²) in [5, 5.41) is 9.05. The predicted octanol–water partition coefficient (Wildman–Crippen LogP) is -0.649. The molecule has 1 heterocycles. The summed E-state index contributed by atoms with van der Waals surface area (Å²) in [4.78, 5) is 13.2. The molecule has 0 atom stereocenters. The average Bonchev–Trinajstić information content (AvgIpc) is 1.91. The molecule has 5 heteroatoms. The maximum atomic E-state index is 9.64. The number of aromatic nitrogens is 3. The predicted molar refractivity (Wildman–Crippen MR) is 29.1 cm³/mol. The van der Waals surface area contributed by atoms with Gasteiger partial charge in [-0.05, 0) is 0 Å². The van der Waals surface area contributed by atoms with E-state index in [4.69, 9.17) is 0 Å². The Bertz CT molecular complexity index is 187. The molecule has 1 aromatic heterocycles. The fourth-order valence-corrected chi connectivity index (χ4v) is 0.357. The number of anilines is 1. The van der Waals surface area contributed by atoms with Crippen LogP contribution in [0.15, 0.2) is 12.5 Å². The van der Waals surface area contributed by atoms with Crippen molar-refractivity contribution in [3.8, 4) is 0 Å². The van der Waals surface area contributed by atoms with Crippen molar-refractivity contribution in [1.29, 1.82) is 0 Å². The van der Waals surface area contributed by atoms with Gasteiger partial charge in [0.05, 0.1) is 6.20 Å². The highest BCUT2D eigenvalue weighted by Gasteiger charge is 1.87. The van der Waals surface area contributed by atoms with Gasteiger partial charge in [-0.15, -0.1) is 10.2 Å². The van der Waals surface area contributed by atoms with E-state index >= 15 is 0 Å². The molecule has 0 unspecified atom stereocenters. The molecule has 0 fully saturated rings. The summed E-state index contributed by atoms with van der Waals surface area (Å²) in [6, 6.07) is 0. The zero-order valence-electron chi connectivity index (χ0n) is 4.40. The highest BCUT2D eigenvalue weighted by atomic mass is 16.1. The number of nitrogens with one attached hydrogen (secondary N) is 1. The van der Waals surface area contributed by atoms with Crippen molar-refractivity contribution >= 4 is 12.2 Å². The maximum Gasteiger partial charge on any atom is 0.315 e. The van der Waals surface area contributed by atoms with E-state index in [0.717, 1.165) is 0 Å². The number of hydrogen-bond acceptors (Lipinski definition) is 4. The van der Waals surface area contributed by atoms with E-state index in [9.17, 15) is 4.79 Å². The highest BCUT2D eigenvalue weighted by Crippen LogP contribution is 1.90. The van der Waals surface area contributed by atoms with Crippen molar-refractivity contribution in [2.75, 3.05) is 5.32 Å². The second kappa shape index (κ2) is 2.71. The first-order chi connectivity index (χ1) is 4.43.